The molecule has 1 heterocycles. The van der Waals surface area contributed by atoms with Gasteiger partial charge in [-0.2, -0.15) is 13.2 Å². The van der Waals surface area contributed by atoms with E-state index >= 15 is 0 Å². The molecule has 0 aliphatic rings. The van der Waals surface area contributed by atoms with Crippen molar-refractivity contribution in [2.45, 2.75) is 32.0 Å². The van der Waals surface area contributed by atoms with Gasteiger partial charge in [0.1, 0.15) is 5.82 Å². The molecule has 0 saturated heterocycles. The molecule has 1 unspecified atom stereocenters. The number of rotatable bonds is 5. The molecule has 0 spiro atoms. The second-order valence-corrected chi connectivity index (χ2v) is 4.06. The first-order chi connectivity index (χ1) is 7.93. The highest BCUT2D eigenvalue weighted by Crippen LogP contribution is 2.27. The van der Waals surface area contributed by atoms with Crippen molar-refractivity contribution in [3.8, 4) is 0 Å². The molecular weight excluding hydrogens is 255 g/mol. The van der Waals surface area contributed by atoms with Gasteiger partial charge >= 0.3 is 6.18 Å². The Morgan fingerprint density at radius 2 is 2.06 bits per heavy atom. The van der Waals surface area contributed by atoms with E-state index in [9.17, 15) is 13.2 Å². The van der Waals surface area contributed by atoms with Gasteiger partial charge in [-0.25, -0.2) is 0 Å². The zero-order chi connectivity index (χ0) is 12.9. The van der Waals surface area contributed by atoms with Crippen LogP contribution in [-0.2, 0) is 6.18 Å². The fourth-order valence-corrected chi connectivity index (χ4v) is 1.42. The standard InChI is InChI=1S/C10H13ClF3N3/c1-7(3-2-6-11)15-9-5-4-8(16-17-9)10(12,13)14/h4-5,7H,2-3,6H2,1H3,(H,15,17). The first kappa shape index (κ1) is 14.0. The Labute approximate surface area is 102 Å². The lowest BCUT2D eigenvalue weighted by Gasteiger charge is -2.13. The minimum atomic E-state index is -4.45. The Kier molecular flexibility index (Phi) is 4.99. The predicted molar refractivity (Wildman–Crippen MR) is 60.1 cm³/mol. The Hall–Kier alpha value is -1.04. The van der Waals surface area contributed by atoms with Crippen LogP contribution in [0.2, 0.25) is 0 Å². The maximum atomic E-state index is 12.2. The number of aromatic nitrogens is 2. The summed E-state index contributed by atoms with van der Waals surface area (Å²) < 4.78 is 36.6. The summed E-state index contributed by atoms with van der Waals surface area (Å²) in [6.45, 7) is 1.91. The molecule has 3 nitrogen and oxygen atoms in total. The molecule has 7 heteroatoms. The number of hydrogen-bond acceptors (Lipinski definition) is 3. The molecule has 1 N–H and O–H groups in total. The minimum absolute atomic E-state index is 0.0970. The van der Waals surface area contributed by atoms with E-state index in [0.29, 0.717) is 11.7 Å². The average molecular weight is 268 g/mol. The lowest BCUT2D eigenvalue weighted by Crippen LogP contribution is -2.17. The Balaban J connectivity index is 2.56. The van der Waals surface area contributed by atoms with Crippen LogP contribution in [-0.4, -0.2) is 22.1 Å². The normalized spacial score (nSPS) is 13.5. The summed E-state index contributed by atoms with van der Waals surface area (Å²) in [6.07, 6.45) is -2.79. The van der Waals surface area contributed by atoms with E-state index in [0.717, 1.165) is 18.9 Å². The molecule has 0 aliphatic carbocycles. The fourth-order valence-electron chi connectivity index (χ4n) is 1.27. The molecule has 0 radical (unpaired) electrons. The van der Waals surface area contributed by atoms with E-state index in [1.165, 1.54) is 6.07 Å². The smallest absolute Gasteiger partial charge is 0.366 e. The summed E-state index contributed by atoms with van der Waals surface area (Å²) in [5, 5.41) is 9.55. The third-order valence-electron chi connectivity index (χ3n) is 2.12. The number of nitrogens with zero attached hydrogens (tertiary/aromatic N) is 2. The molecule has 1 aromatic heterocycles. The van der Waals surface area contributed by atoms with E-state index < -0.39 is 11.9 Å². The molecule has 0 bridgehead atoms. The van der Waals surface area contributed by atoms with E-state index in [2.05, 4.69) is 15.5 Å². The van der Waals surface area contributed by atoms with Gasteiger partial charge in [-0.15, -0.1) is 21.8 Å². The van der Waals surface area contributed by atoms with Crippen LogP contribution in [0.15, 0.2) is 12.1 Å². The third-order valence-corrected chi connectivity index (χ3v) is 2.39. The summed E-state index contributed by atoms with van der Waals surface area (Å²) in [4.78, 5) is 0. The lowest BCUT2D eigenvalue weighted by atomic mass is 10.2. The van der Waals surface area contributed by atoms with Gasteiger partial charge in [-0.3, -0.25) is 0 Å². The zero-order valence-corrected chi connectivity index (χ0v) is 10.0. The maximum absolute atomic E-state index is 12.2. The molecule has 1 rings (SSSR count). The third kappa shape index (κ3) is 4.77. The maximum Gasteiger partial charge on any atom is 0.435 e. The summed E-state index contributed by atoms with van der Waals surface area (Å²) in [5.74, 6) is 0.894. The molecule has 0 amide bonds. The van der Waals surface area contributed by atoms with Crippen molar-refractivity contribution < 1.29 is 13.2 Å². The largest absolute Gasteiger partial charge is 0.435 e. The number of alkyl halides is 4. The van der Waals surface area contributed by atoms with Crippen LogP contribution in [0, 0.1) is 0 Å². The van der Waals surface area contributed by atoms with Crippen molar-refractivity contribution in [1.82, 2.24) is 10.2 Å². The van der Waals surface area contributed by atoms with E-state index in [4.69, 9.17) is 11.6 Å². The summed E-state index contributed by atoms with van der Waals surface area (Å²) in [7, 11) is 0. The molecule has 1 aromatic rings. The van der Waals surface area contributed by atoms with Gasteiger partial charge in [0.2, 0.25) is 0 Å². The molecule has 17 heavy (non-hydrogen) atoms. The second-order valence-electron chi connectivity index (χ2n) is 3.68. The first-order valence-electron chi connectivity index (χ1n) is 5.17. The Bertz CT molecular complexity index is 340. The van der Waals surface area contributed by atoms with Crippen molar-refractivity contribution in [2.24, 2.45) is 0 Å². The van der Waals surface area contributed by atoms with Crippen molar-refractivity contribution in [3.05, 3.63) is 17.8 Å². The van der Waals surface area contributed by atoms with E-state index in [-0.39, 0.29) is 6.04 Å². The second kappa shape index (κ2) is 6.05. The molecule has 0 aromatic carbocycles. The van der Waals surface area contributed by atoms with Crippen molar-refractivity contribution in [1.29, 1.82) is 0 Å². The number of anilines is 1. The molecule has 0 saturated carbocycles. The Morgan fingerprint density at radius 3 is 2.53 bits per heavy atom. The fraction of sp³-hybridized carbons (Fsp3) is 0.600. The van der Waals surface area contributed by atoms with Crippen LogP contribution in [0.4, 0.5) is 19.0 Å². The molecule has 1 atom stereocenters. The van der Waals surface area contributed by atoms with Gasteiger partial charge in [0.25, 0.3) is 0 Å². The highest BCUT2D eigenvalue weighted by molar-refractivity contribution is 6.17. The summed E-state index contributed by atoms with van der Waals surface area (Å²) in [5.41, 5.74) is -0.989. The molecule has 0 aliphatic heterocycles. The minimum Gasteiger partial charge on any atom is -0.366 e. The lowest BCUT2D eigenvalue weighted by molar-refractivity contribution is -0.141. The van der Waals surface area contributed by atoms with Crippen molar-refractivity contribution >= 4 is 17.4 Å². The van der Waals surface area contributed by atoms with Crippen LogP contribution in [0.3, 0.4) is 0 Å². The van der Waals surface area contributed by atoms with Gasteiger partial charge in [-0.05, 0) is 31.9 Å². The van der Waals surface area contributed by atoms with Gasteiger partial charge in [0.15, 0.2) is 5.69 Å². The molecular formula is C10H13ClF3N3. The van der Waals surface area contributed by atoms with Crippen LogP contribution in [0.5, 0.6) is 0 Å². The summed E-state index contributed by atoms with van der Waals surface area (Å²) in [6, 6.07) is 2.27. The summed E-state index contributed by atoms with van der Waals surface area (Å²) >= 11 is 5.54. The van der Waals surface area contributed by atoms with E-state index in [1.54, 1.807) is 0 Å². The van der Waals surface area contributed by atoms with Gasteiger partial charge < -0.3 is 5.32 Å². The van der Waals surface area contributed by atoms with E-state index in [1.807, 2.05) is 6.92 Å². The van der Waals surface area contributed by atoms with Gasteiger partial charge in [0.05, 0.1) is 0 Å². The van der Waals surface area contributed by atoms with Crippen LogP contribution < -0.4 is 5.32 Å². The van der Waals surface area contributed by atoms with Crippen LogP contribution in [0.1, 0.15) is 25.5 Å². The number of halogens is 4. The highest BCUT2D eigenvalue weighted by atomic mass is 35.5. The SMILES string of the molecule is CC(CCCCl)Nc1ccc(C(F)(F)F)nn1. The van der Waals surface area contributed by atoms with Gasteiger partial charge in [0, 0.05) is 11.9 Å². The van der Waals surface area contributed by atoms with Crippen molar-refractivity contribution in [2.75, 3.05) is 11.2 Å². The quantitative estimate of drug-likeness (QED) is 0.832. The highest BCUT2D eigenvalue weighted by Gasteiger charge is 2.32. The zero-order valence-electron chi connectivity index (χ0n) is 9.26. The number of hydrogen-bond donors (Lipinski definition) is 1. The Morgan fingerprint density at radius 1 is 1.35 bits per heavy atom. The van der Waals surface area contributed by atoms with Crippen LogP contribution >= 0.6 is 11.6 Å². The number of nitrogens with one attached hydrogen (secondary N) is 1. The van der Waals surface area contributed by atoms with Gasteiger partial charge in [-0.1, -0.05) is 0 Å². The first-order valence-corrected chi connectivity index (χ1v) is 5.70. The monoisotopic (exact) mass is 267 g/mol. The van der Waals surface area contributed by atoms with Crippen molar-refractivity contribution in [3.63, 3.8) is 0 Å². The molecule has 96 valence electrons. The topological polar surface area (TPSA) is 37.8 Å². The predicted octanol–water partition coefficient (Wildman–Crippen LogP) is 3.31. The average Bonchev–Trinajstić information content (AvgIpc) is 2.26. The van der Waals surface area contributed by atoms with Crippen LogP contribution in [0.25, 0.3) is 0 Å². The molecule has 0 fully saturated rings.